The lowest BCUT2D eigenvalue weighted by Gasteiger charge is -2.13. The highest BCUT2D eigenvalue weighted by Gasteiger charge is 2.15. The van der Waals surface area contributed by atoms with Crippen molar-refractivity contribution in [3.05, 3.63) is 84.4 Å². The Morgan fingerprint density at radius 2 is 1.44 bits per heavy atom. The van der Waals surface area contributed by atoms with Crippen LogP contribution in [0.15, 0.2) is 73.1 Å². The summed E-state index contributed by atoms with van der Waals surface area (Å²) in [6.07, 6.45) is 3.42. The van der Waals surface area contributed by atoms with Crippen LogP contribution in [0.2, 0.25) is 0 Å². The quantitative estimate of drug-likeness (QED) is 0.385. The van der Waals surface area contributed by atoms with Crippen LogP contribution in [-0.2, 0) is 4.79 Å². The predicted octanol–water partition coefficient (Wildman–Crippen LogP) is 4.98. The number of rotatable bonds is 7. The van der Waals surface area contributed by atoms with Crippen LogP contribution in [0, 0.1) is 13.8 Å². The van der Waals surface area contributed by atoms with Gasteiger partial charge in [-0.25, -0.2) is 9.97 Å². The molecule has 162 valence electrons. The molecule has 2 aromatic carbocycles. The van der Waals surface area contributed by atoms with E-state index < -0.39 is 6.04 Å². The summed E-state index contributed by atoms with van der Waals surface area (Å²) in [4.78, 5) is 21.3. The molecule has 0 saturated carbocycles. The van der Waals surface area contributed by atoms with Gasteiger partial charge in [0.1, 0.15) is 23.5 Å². The highest BCUT2D eigenvalue weighted by Crippen LogP contribution is 2.22. The Morgan fingerprint density at radius 1 is 0.875 bits per heavy atom. The Balaban J connectivity index is 1.41. The number of aryl methyl sites for hydroxylation is 2. The largest absolute Gasteiger partial charge is 0.340 e. The zero-order chi connectivity index (χ0) is 22.5. The molecule has 0 radical (unpaired) electrons. The Morgan fingerprint density at radius 3 is 2.00 bits per heavy atom. The number of amides is 1. The molecule has 1 unspecified atom stereocenters. The minimum absolute atomic E-state index is 0.132. The Labute approximate surface area is 186 Å². The van der Waals surface area contributed by atoms with Crippen molar-refractivity contribution in [2.75, 3.05) is 16.0 Å². The van der Waals surface area contributed by atoms with E-state index >= 15 is 0 Å². The fraction of sp³-hybridized carbons (Fsp3) is 0.167. The number of anilines is 5. The lowest BCUT2D eigenvalue weighted by atomic mass is 10.2. The molecular weight excluding hydrogens is 402 g/mol. The minimum atomic E-state index is -0.397. The summed E-state index contributed by atoms with van der Waals surface area (Å²) in [7, 11) is 0. The molecule has 4 rings (SSSR count). The molecule has 0 bridgehead atoms. The molecule has 0 spiro atoms. The molecule has 1 atom stereocenters. The molecule has 1 amide bonds. The van der Waals surface area contributed by atoms with Gasteiger partial charge >= 0.3 is 0 Å². The summed E-state index contributed by atoms with van der Waals surface area (Å²) in [5.41, 5.74) is 3.72. The van der Waals surface area contributed by atoms with E-state index in [4.69, 9.17) is 0 Å². The average molecular weight is 428 g/mol. The fourth-order valence-electron chi connectivity index (χ4n) is 3.14. The van der Waals surface area contributed by atoms with Gasteiger partial charge < -0.3 is 16.0 Å². The van der Waals surface area contributed by atoms with Gasteiger partial charge in [0.25, 0.3) is 0 Å². The first-order valence-electron chi connectivity index (χ1n) is 10.3. The van der Waals surface area contributed by atoms with Gasteiger partial charge in [-0.2, -0.15) is 5.10 Å². The molecule has 0 aliphatic heterocycles. The Kier molecular flexibility index (Phi) is 6.12. The molecule has 0 aliphatic carbocycles. The molecule has 8 heteroatoms. The van der Waals surface area contributed by atoms with Crippen LogP contribution < -0.4 is 16.0 Å². The van der Waals surface area contributed by atoms with Crippen molar-refractivity contribution in [1.29, 1.82) is 0 Å². The van der Waals surface area contributed by atoms with Crippen LogP contribution in [0.3, 0.4) is 0 Å². The smallest absolute Gasteiger partial charge is 0.248 e. The topological polar surface area (TPSA) is 96.8 Å². The van der Waals surface area contributed by atoms with Gasteiger partial charge in [-0.05, 0) is 63.2 Å². The van der Waals surface area contributed by atoms with Crippen LogP contribution in [0.1, 0.15) is 24.4 Å². The number of carbonyl (C=O) groups excluding carboxylic acids is 1. The SMILES string of the molecule is Cc1ccc(Nc2cc(Nc3ccc(NC(=O)C(C)n4cccn4)cc3)nc(C)n2)cc1. The molecule has 0 aliphatic rings. The van der Waals surface area contributed by atoms with Gasteiger partial charge in [0.2, 0.25) is 5.91 Å². The lowest BCUT2D eigenvalue weighted by Crippen LogP contribution is -2.23. The maximum absolute atomic E-state index is 12.4. The average Bonchev–Trinajstić information content (AvgIpc) is 3.31. The van der Waals surface area contributed by atoms with E-state index in [0.717, 1.165) is 11.4 Å². The first-order chi connectivity index (χ1) is 15.5. The summed E-state index contributed by atoms with van der Waals surface area (Å²) in [5, 5.41) is 13.6. The van der Waals surface area contributed by atoms with Gasteiger partial charge in [-0.1, -0.05) is 17.7 Å². The zero-order valence-electron chi connectivity index (χ0n) is 18.2. The lowest BCUT2D eigenvalue weighted by molar-refractivity contribution is -0.119. The summed E-state index contributed by atoms with van der Waals surface area (Å²) in [6, 6.07) is 18.8. The molecule has 2 aromatic heterocycles. The second-order valence-electron chi connectivity index (χ2n) is 7.53. The van der Waals surface area contributed by atoms with Crippen LogP contribution in [0.4, 0.5) is 28.7 Å². The highest BCUT2D eigenvalue weighted by atomic mass is 16.2. The Hall–Kier alpha value is -4.20. The van der Waals surface area contributed by atoms with Crippen molar-refractivity contribution >= 4 is 34.6 Å². The highest BCUT2D eigenvalue weighted by molar-refractivity contribution is 5.93. The third-order valence-electron chi connectivity index (χ3n) is 4.89. The minimum Gasteiger partial charge on any atom is -0.340 e. The maximum Gasteiger partial charge on any atom is 0.248 e. The maximum atomic E-state index is 12.4. The first-order valence-corrected chi connectivity index (χ1v) is 10.3. The monoisotopic (exact) mass is 427 g/mol. The third-order valence-corrected chi connectivity index (χ3v) is 4.89. The molecule has 8 nitrogen and oxygen atoms in total. The molecule has 2 heterocycles. The van der Waals surface area contributed by atoms with E-state index in [1.807, 2.05) is 61.5 Å². The summed E-state index contributed by atoms with van der Waals surface area (Å²) >= 11 is 0. The van der Waals surface area contributed by atoms with E-state index in [0.29, 0.717) is 23.1 Å². The first kappa shape index (κ1) is 21.0. The van der Waals surface area contributed by atoms with Gasteiger partial charge in [0.15, 0.2) is 0 Å². The number of nitrogens with zero attached hydrogens (tertiary/aromatic N) is 4. The number of aromatic nitrogens is 4. The number of carbonyl (C=O) groups is 1. The van der Waals surface area contributed by atoms with Gasteiger partial charge in [-0.3, -0.25) is 9.48 Å². The zero-order valence-corrected chi connectivity index (χ0v) is 18.2. The number of hydrogen-bond acceptors (Lipinski definition) is 6. The van der Waals surface area contributed by atoms with Gasteiger partial charge in [-0.15, -0.1) is 0 Å². The molecule has 32 heavy (non-hydrogen) atoms. The van der Waals surface area contributed by atoms with E-state index in [1.54, 1.807) is 30.1 Å². The molecule has 3 N–H and O–H groups in total. The van der Waals surface area contributed by atoms with E-state index in [-0.39, 0.29) is 5.91 Å². The molecule has 0 saturated heterocycles. The fourth-order valence-corrected chi connectivity index (χ4v) is 3.14. The van der Waals surface area contributed by atoms with Gasteiger partial charge in [0.05, 0.1) is 0 Å². The molecular formula is C24H25N7O. The normalized spacial score (nSPS) is 11.6. The van der Waals surface area contributed by atoms with Crippen molar-refractivity contribution in [1.82, 2.24) is 19.7 Å². The number of benzene rings is 2. The third kappa shape index (κ3) is 5.28. The van der Waals surface area contributed by atoms with Crippen LogP contribution in [0.5, 0.6) is 0 Å². The van der Waals surface area contributed by atoms with Crippen LogP contribution in [0.25, 0.3) is 0 Å². The number of hydrogen-bond donors (Lipinski definition) is 3. The van der Waals surface area contributed by atoms with Crippen molar-refractivity contribution < 1.29 is 4.79 Å². The van der Waals surface area contributed by atoms with E-state index in [9.17, 15) is 4.79 Å². The standard InChI is InChI=1S/C24H25N7O/c1-16-5-7-19(8-6-16)28-22-15-23(27-18(3)26-22)29-20-9-11-21(12-10-20)30-24(32)17(2)31-14-4-13-25-31/h4-15,17H,1-3H3,(H,30,32)(H2,26,27,28,29). The van der Waals surface area contributed by atoms with Crippen molar-refractivity contribution in [3.8, 4) is 0 Å². The Bertz CT molecular complexity index is 1190. The van der Waals surface area contributed by atoms with E-state index in [1.165, 1.54) is 5.56 Å². The summed E-state index contributed by atoms with van der Waals surface area (Å²) < 4.78 is 1.62. The second-order valence-corrected chi connectivity index (χ2v) is 7.53. The second kappa shape index (κ2) is 9.30. The van der Waals surface area contributed by atoms with Crippen molar-refractivity contribution in [3.63, 3.8) is 0 Å². The van der Waals surface area contributed by atoms with E-state index in [2.05, 4.69) is 37.9 Å². The van der Waals surface area contributed by atoms with Crippen LogP contribution >= 0.6 is 0 Å². The van der Waals surface area contributed by atoms with Gasteiger partial charge in [0, 0.05) is 35.5 Å². The van der Waals surface area contributed by atoms with Crippen LogP contribution in [-0.4, -0.2) is 25.7 Å². The number of nitrogens with one attached hydrogen (secondary N) is 3. The van der Waals surface area contributed by atoms with Crippen molar-refractivity contribution in [2.45, 2.75) is 26.8 Å². The predicted molar refractivity (Wildman–Crippen MR) is 127 cm³/mol. The molecule has 0 fully saturated rings. The van der Waals surface area contributed by atoms with Crippen molar-refractivity contribution in [2.24, 2.45) is 0 Å². The summed E-state index contributed by atoms with van der Waals surface area (Å²) in [5.74, 6) is 1.91. The summed E-state index contributed by atoms with van der Waals surface area (Å²) in [6.45, 7) is 5.71. The molecule has 4 aromatic rings.